The highest BCUT2D eigenvalue weighted by molar-refractivity contribution is 7.89. The lowest BCUT2D eigenvalue weighted by atomic mass is 9.93. The Balaban J connectivity index is 2.33. The van der Waals surface area contributed by atoms with Crippen molar-refractivity contribution in [2.75, 3.05) is 20.2 Å². The Hall–Kier alpha value is -0.820. The number of ether oxygens (including phenoxy) is 1. The van der Waals surface area contributed by atoms with Crippen molar-refractivity contribution in [3.8, 4) is 5.75 Å². The van der Waals surface area contributed by atoms with Crippen LogP contribution in [-0.2, 0) is 10.0 Å². The normalized spacial score (nSPS) is 22.0. The molecule has 7 heteroatoms. The van der Waals surface area contributed by atoms with Crippen LogP contribution < -0.4 is 10.5 Å². The molecule has 1 aromatic carbocycles. The lowest BCUT2D eigenvalue weighted by Crippen LogP contribution is -2.45. The first-order chi connectivity index (χ1) is 9.86. The van der Waals surface area contributed by atoms with E-state index in [0.29, 0.717) is 18.8 Å². The lowest BCUT2D eigenvalue weighted by molar-refractivity contribution is 0.243. The summed E-state index contributed by atoms with van der Waals surface area (Å²) >= 11 is 6.07. The van der Waals surface area contributed by atoms with Crippen molar-refractivity contribution < 1.29 is 13.2 Å². The summed E-state index contributed by atoms with van der Waals surface area (Å²) < 4.78 is 32.1. The number of halogens is 1. The van der Waals surface area contributed by atoms with Gasteiger partial charge < -0.3 is 10.5 Å². The number of rotatable bonds is 4. The Morgan fingerprint density at radius 1 is 1.48 bits per heavy atom. The Bertz CT molecular complexity index is 604. The van der Waals surface area contributed by atoms with E-state index in [9.17, 15) is 8.42 Å². The van der Waals surface area contributed by atoms with Crippen LogP contribution in [0, 0.1) is 5.92 Å². The average Bonchev–Trinajstić information content (AvgIpc) is 2.47. The van der Waals surface area contributed by atoms with Gasteiger partial charge in [-0.3, -0.25) is 0 Å². The molecule has 2 unspecified atom stereocenters. The number of sulfonamides is 1. The van der Waals surface area contributed by atoms with Crippen LogP contribution in [0.4, 0.5) is 0 Å². The molecule has 1 aliphatic rings. The summed E-state index contributed by atoms with van der Waals surface area (Å²) in [5, 5.41) is 0.207. The monoisotopic (exact) mass is 332 g/mol. The lowest BCUT2D eigenvalue weighted by Gasteiger charge is -2.34. The molecule has 0 amide bonds. The quantitative estimate of drug-likeness (QED) is 0.916. The van der Waals surface area contributed by atoms with Gasteiger partial charge in [-0.15, -0.1) is 0 Å². The minimum Gasteiger partial charge on any atom is -0.497 e. The topological polar surface area (TPSA) is 72.6 Å². The van der Waals surface area contributed by atoms with Crippen LogP contribution in [0.5, 0.6) is 5.75 Å². The Morgan fingerprint density at radius 2 is 2.19 bits per heavy atom. The third-order valence-electron chi connectivity index (χ3n) is 3.92. The molecule has 0 aliphatic carbocycles. The van der Waals surface area contributed by atoms with E-state index in [0.717, 1.165) is 12.8 Å². The van der Waals surface area contributed by atoms with Crippen molar-refractivity contribution in [2.45, 2.75) is 30.7 Å². The molecule has 1 heterocycles. The molecule has 1 aromatic rings. The second kappa shape index (κ2) is 6.52. The van der Waals surface area contributed by atoms with Gasteiger partial charge in [0.15, 0.2) is 0 Å². The smallest absolute Gasteiger partial charge is 0.244 e. The molecule has 1 saturated heterocycles. The van der Waals surface area contributed by atoms with E-state index in [4.69, 9.17) is 22.1 Å². The first-order valence-corrected chi connectivity index (χ1v) is 8.77. The maximum atomic E-state index is 12.8. The maximum absolute atomic E-state index is 12.8. The largest absolute Gasteiger partial charge is 0.497 e. The van der Waals surface area contributed by atoms with Crippen molar-refractivity contribution in [1.29, 1.82) is 0 Å². The fourth-order valence-corrected chi connectivity index (χ4v) is 4.59. The molecule has 0 bridgehead atoms. The summed E-state index contributed by atoms with van der Waals surface area (Å²) in [5.41, 5.74) is 5.92. The second-order valence-corrected chi connectivity index (χ2v) is 7.73. The van der Waals surface area contributed by atoms with Crippen molar-refractivity contribution in [3.05, 3.63) is 23.2 Å². The molecule has 0 spiro atoms. The Kier molecular flexibility index (Phi) is 5.14. The fraction of sp³-hybridized carbons (Fsp3) is 0.571. The van der Waals surface area contributed by atoms with E-state index in [1.165, 1.54) is 17.5 Å². The highest BCUT2D eigenvalue weighted by Gasteiger charge is 2.33. The second-order valence-electron chi connectivity index (χ2n) is 5.42. The molecule has 0 aromatic heterocycles. The molecule has 0 radical (unpaired) electrons. The van der Waals surface area contributed by atoms with Gasteiger partial charge in [0.1, 0.15) is 10.6 Å². The van der Waals surface area contributed by atoms with Crippen molar-refractivity contribution in [1.82, 2.24) is 4.31 Å². The van der Waals surface area contributed by atoms with Crippen LogP contribution in [0.15, 0.2) is 23.1 Å². The average molecular weight is 333 g/mol. The summed E-state index contributed by atoms with van der Waals surface area (Å²) in [4.78, 5) is 0.0915. The number of nitrogens with zero attached hydrogens (tertiary/aromatic N) is 1. The molecule has 2 rings (SSSR count). The van der Waals surface area contributed by atoms with Gasteiger partial charge in [0.2, 0.25) is 10.0 Å². The molecule has 0 saturated carbocycles. The van der Waals surface area contributed by atoms with E-state index < -0.39 is 10.0 Å². The van der Waals surface area contributed by atoms with Gasteiger partial charge in [0.05, 0.1) is 12.1 Å². The van der Waals surface area contributed by atoms with E-state index >= 15 is 0 Å². The number of nitrogens with two attached hydrogens (primary N) is 1. The molecule has 1 aliphatic heterocycles. The number of hydrogen-bond donors (Lipinski definition) is 1. The summed E-state index contributed by atoms with van der Waals surface area (Å²) in [6.07, 6.45) is 1.77. The van der Waals surface area contributed by atoms with Gasteiger partial charge in [-0.2, -0.15) is 4.31 Å². The van der Waals surface area contributed by atoms with Crippen LogP contribution in [0.1, 0.15) is 19.8 Å². The van der Waals surface area contributed by atoms with Crippen LogP contribution in [0.2, 0.25) is 5.02 Å². The number of methoxy groups -OCH3 is 1. The van der Waals surface area contributed by atoms with Crippen LogP contribution >= 0.6 is 11.6 Å². The molecule has 21 heavy (non-hydrogen) atoms. The van der Waals surface area contributed by atoms with Crippen molar-refractivity contribution in [3.63, 3.8) is 0 Å². The molecular weight excluding hydrogens is 312 g/mol. The van der Waals surface area contributed by atoms with E-state index in [1.54, 1.807) is 12.1 Å². The van der Waals surface area contributed by atoms with E-state index in [1.807, 2.05) is 6.92 Å². The molecule has 1 fully saturated rings. The summed E-state index contributed by atoms with van der Waals surface area (Å²) in [6, 6.07) is 4.62. The van der Waals surface area contributed by atoms with Gasteiger partial charge in [-0.25, -0.2) is 8.42 Å². The van der Waals surface area contributed by atoms with Crippen LogP contribution in [-0.4, -0.2) is 39.0 Å². The number of benzene rings is 1. The molecule has 5 nitrogen and oxygen atoms in total. The molecule has 118 valence electrons. The van der Waals surface area contributed by atoms with Gasteiger partial charge in [0.25, 0.3) is 0 Å². The van der Waals surface area contributed by atoms with Gasteiger partial charge in [-0.05, 0) is 37.8 Å². The number of hydrogen-bond acceptors (Lipinski definition) is 4. The standard InChI is InChI=1S/C14H21ClN2O3S/c1-10(16)11-4-3-7-17(9-11)21(18,19)14-8-12(20-2)5-6-13(14)15/h5-6,8,10-11H,3-4,7,9,16H2,1-2H3. The van der Waals surface area contributed by atoms with Crippen molar-refractivity contribution >= 4 is 21.6 Å². The fourth-order valence-electron chi connectivity index (χ4n) is 2.57. The minimum atomic E-state index is -3.63. The number of piperidine rings is 1. The van der Waals surface area contributed by atoms with Crippen molar-refractivity contribution in [2.24, 2.45) is 11.7 Å². The molecule has 2 atom stereocenters. The third-order valence-corrected chi connectivity index (χ3v) is 6.27. The van der Waals surface area contributed by atoms with Crippen LogP contribution in [0.3, 0.4) is 0 Å². The highest BCUT2D eigenvalue weighted by Crippen LogP contribution is 2.31. The maximum Gasteiger partial charge on any atom is 0.244 e. The zero-order chi connectivity index (χ0) is 15.6. The van der Waals surface area contributed by atoms with E-state index in [-0.39, 0.29) is 21.9 Å². The van der Waals surface area contributed by atoms with Gasteiger partial charge in [0, 0.05) is 25.2 Å². The van der Waals surface area contributed by atoms with Gasteiger partial charge >= 0.3 is 0 Å². The summed E-state index contributed by atoms with van der Waals surface area (Å²) in [5.74, 6) is 0.650. The molecule has 2 N–H and O–H groups in total. The first-order valence-electron chi connectivity index (χ1n) is 6.95. The Morgan fingerprint density at radius 3 is 2.81 bits per heavy atom. The first kappa shape index (κ1) is 16.5. The van der Waals surface area contributed by atoms with E-state index in [2.05, 4.69) is 0 Å². The zero-order valence-corrected chi connectivity index (χ0v) is 13.8. The van der Waals surface area contributed by atoms with Crippen LogP contribution in [0.25, 0.3) is 0 Å². The zero-order valence-electron chi connectivity index (χ0n) is 12.3. The predicted molar refractivity (Wildman–Crippen MR) is 83.1 cm³/mol. The minimum absolute atomic E-state index is 0.0243. The molecular formula is C14H21ClN2O3S. The third kappa shape index (κ3) is 3.51. The summed E-state index contributed by atoms with van der Waals surface area (Å²) in [7, 11) is -2.13. The summed E-state index contributed by atoms with van der Waals surface area (Å²) in [6.45, 7) is 2.85. The van der Waals surface area contributed by atoms with Gasteiger partial charge in [-0.1, -0.05) is 11.6 Å². The Labute approximate surface area is 131 Å². The SMILES string of the molecule is COc1ccc(Cl)c(S(=O)(=O)N2CCCC(C(C)N)C2)c1. The highest BCUT2D eigenvalue weighted by atomic mass is 35.5. The predicted octanol–water partition coefficient (Wildman–Crippen LogP) is 2.10.